The Kier molecular flexibility index (Phi) is 5.33. The number of nitrogens with zero attached hydrogens (tertiary/aromatic N) is 2. The number of halogens is 2. The molecule has 0 aliphatic rings. The van der Waals surface area contributed by atoms with Gasteiger partial charge in [-0.3, -0.25) is 4.79 Å². The van der Waals surface area contributed by atoms with Crippen molar-refractivity contribution in [2.24, 2.45) is 0 Å². The number of aryl methyl sites for hydroxylation is 1. The molecule has 146 valence electrons. The lowest BCUT2D eigenvalue weighted by Crippen LogP contribution is -2.16. The number of carbonyl (C=O) groups excluding carboxylic acids is 1. The number of benzene rings is 3. The number of aromatic nitrogens is 2. The van der Waals surface area contributed by atoms with Crippen LogP contribution in [0, 0.1) is 11.6 Å². The van der Waals surface area contributed by atoms with Gasteiger partial charge in [0.1, 0.15) is 5.82 Å². The SMILES string of the molecule is O=C(CCc1ccc(F)c(F)c1)Nc1ccnn1Cc1cccc2ccccc12. The number of hydrogen-bond donors (Lipinski definition) is 1. The summed E-state index contributed by atoms with van der Waals surface area (Å²) < 4.78 is 28.0. The van der Waals surface area contributed by atoms with E-state index in [9.17, 15) is 13.6 Å². The van der Waals surface area contributed by atoms with E-state index in [4.69, 9.17) is 0 Å². The molecule has 6 heteroatoms. The second kappa shape index (κ2) is 8.22. The van der Waals surface area contributed by atoms with Crippen molar-refractivity contribution in [3.05, 3.63) is 95.7 Å². The highest BCUT2D eigenvalue weighted by atomic mass is 19.2. The smallest absolute Gasteiger partial charge is 0.225 e. The second-order valence-electron chi connectivity index (χ2n) is 6.81. The van der Waals surface area contributed by atoms with Crippen LogP contribution in [0.1, 0.15) is 17.5 Å². The molecule has 1 heterocycles. The van der Waals surface area contributed by atoms with E-state index in [0.717, 1.165) is 28.5 Å². The number of rotatable bonds is 6. The molecule has 1 aromatic heterocycles. The summed E-state index contributed by atoms with van der Waals surface area (Å²) in [5.74, 6) is -1.42. The second-order valence-corrected chi connectivity index (χ2v) is 6.81. The molecule has 0 unspecified atom stereocenters. The molecule has 29 heavy (non-hydrogen) atoms. The average molecular weight is 391 g/mol. The van der Waals surface area contributed by atoms with Gasteiger partial charge in [0.2, 0.25) is 5.91 Å². The van der Waals surface area contributed by atoms with Crippen molar-refractivity contribution >= 4 is 22.5 Å². The molecular weight excluding hydrogens is 372 g/mol. The van der Waals surface area contributed by atoms with Crippen LogP contribution in [0.2, 0.25) is 0 Å². The summed E-state index contributed by atoms with van der Waals surface area (Å²) in [6.07, 6.45) is 2.11. The zero-order valence-corrected chi connectivity index (χ0v) is 15.6. The van der Waals surface area contributed by atoms with Gasteiger partial charge in [-0.25, -0.2) is 13.5 Å². The Morgan fingerprint density at radius 2 is 1.79 bits per heavy atom. The van der Waals surface area contributed by atoms with Crippen LogP contribution < -0.4 is 5.32 Å². The first-order chi connectivity index (χ1) is 14.1. The molecule has 0 fully saturated rings. The fourth-order valence-electron chi connectivity index (χ4n) is 3.31. The maximum Gasteiger partial charge on any atom is 0.225 e. The van der Waals surface area contributed by atoms with Crippen LogP contribution in [0.4, 0.5) is 14.6 Å². The number of carbonyl (C=O) groups is 1. The minimum absolute atomic E-state index is 0.157. The lowest BCUT2D eigenvalue weighted by molar-refractivity contribution is -0.116. The van der Waals surface area contributed by atoms with Crippen molar-refractivity contribution < 1.29 is 13.6 Å². The van der Waals surface area contributed by atoms with E-state index in [-0.39, 0.29) is 12.3 Å². The van der Waals surface area contributed by atoms with E-state index in [1.54, 1.807) is 16.9 Å². The van der Waals surface area contributed by atoms with Gasteiger partial charge in [-0.2, -0.15) is 5.10 Å². The predicted octanol–water partition coefficient (Wildman–Crippen LogP) is 4.93. The molecule has 0 saturated carbocycles. The topological polar surface area (TPSA) is 46.9 Å². The molecule has 1 N–H and O–H groups in total. The van der Waals surface area contributed by atoms with Gasteiger partial charge in [0.25, 0.3) is 0 Å². The summed E-state index contributed by atoms with van der Waals surface area (Å²) in [6.45, 7) is 0.521. The molecule has 0 atom stereocenters. The Morgan fingerprint density at radius 3 is 2.66 bits per heavy atom. The molecule has 0 saturated heterocycles. The van der Waals surface area contributed by atoms with E-state index in [2.05, 4.69) is 28.6 Å². The molecule has 0 spiro atoms. The quantitative estimate of drug-likeness (QED) is 0.506. The van der Waals surface area contributed by atoms with E-state index >= 15 is 0 Å². The van der Waals surface area contributed by atoms with Crippen LogP contribution >= 0.6 is 0 Å². The van der Waals surface area contributed by atoms with E-state index in [1.807, 2.05) is 24.3 Å². The molecule has 1 amide bonds. The lowest BCUT2D eigenvalue weighted by atomic mass is 10.0. The van der Waals surface area contributed by atoms with E-state index in [1.165, 1.54) is 6.07 Å². The molecule has 4 nitrogen and oxygen atoms in total. The monoisotopic (exact) mass is 391 g/mol. The van der Waals surface area contributed by atoms with Gasteiger partial charge in [0.15, 0.2) is 11.6 Å². The molecular formula is C23H19F2N3O. The van der Waals surface area contributed by atoms with Gasteiger partial charge in [0.05, 0.1) is 12.7 Å². The predicted molar refractivity (Wildman–Crippen MR) is 109 cm³/mol. The number of anilines is 1. The van der Waals surface area contributed by atoms with Crippen molar-refractivity contribution in [1.29, 1.82) is 0 Å². The normalized spacial score (nSPS) is 11.0. The zero-order valence-electron chi connectivity index (χ0n) is 15.6. The first kappa shape index (κ1) is 18.8. The summed E-state index contributed by atoms with van der Waals surface area (Å²) in [7, 11) is 0. The number of hydrogen-bond acceptors (Lipinski definition) is 2. The highest BCUT2D eigenvalue weighted by molar-refractivity contribution is 5.90. The van der Waals surface area contributed by atoms with Gasteiger partial charge < -0.3 is 5.32 Å². The molecule has 3 aromatic carbocycles. The molecule has 4 rings (SSSR count). The van der Waals surface area contributed by atoms with Crippen molar-refractivity contribution in [2.75, 3.05) is 5.32 Å². The molecule has 0 aliphatic carbocycles. The maximum atomic E-state index is 13.3. The number of nitrogens with one attached hydrogen (secondary N) is 1. The first-order valence-corrected chi connectivity index (χ1v) is 9.32. The van der Waals surface area contributed by atoms with Crippen molar-refractivity contribution in [2.45, 2.75) is 19.4 Å². The Labute approximate surface area is 166 Å². The van der Waals surface area contributed by atoms with E-state index < -0.39 is 11.6 Å². The van der Waals surface area contributed by atoms with Crippen LogP contribution in [0.15, 0.2) is 72.9 Å². The zero-order chi connectivity index (χ0) is 20.2. The van der Waals surface area contributed by atoms with Crippen molar-refractivity contribution in [3.8, 4) is 0 Å². The molecule has 0 bridgehead atoms. The molecule has 0 aliphatic heterocycles. The molecule has 4 aromatic rings. The number of amides is 1. The Morgan fingerprint density at radius 1 is 0.966 bits per heavy atom. The van der Waals surface area contributed by atoms with Gasteiger partial charge >= 0.3 is 0 Å². The lowest BCUT2D eigenvalue weighted by Gasteiger charge is -2.11. The molecule has 0 radical (unpaired) electrons. The van der Waals surface area contributed by atoms with Crippen LogP contribution in [0.25, 0.3) is 10.8 Å². The average Bonchev–Trinajstić information content (AvgIpc) is 3.15. The summed E-state index contributed by atoms with van der Waals surface area (Å²) in [5, 5.41) is 9.46. The Balaban J connectivity index is 1.43. The first-order valence-electron chi connectivity index (χ1n) is 9.32. The third kappa shape index (κ3) is 4.32. The summed E-state index contributed by atoms with van der Waals surface area (Å²) in [6, 6.07) is 19.6. The Hall–Kier alpha value is -3.54. The third-order valence-electron chi connectivity index (χ3n) is 4.81. The Bertz CT molecular complexity index is 1160. The largest absolute Gasteiger partial charge is 0.311 e. The van der Waals surface area contributed by atoms with Gasteiger partial charge in [-0.1, -0.05) is 48.5 Å². The standard InChI is InChI=1S/C23H19F2N3O/c24-20-10-8-16(14-21(20)25)9-11-23(29)27-22-12-13-26-28(22)15-18-6-3-5-17-4-1-2-7-19(17)18/h1-8,10,12-14H,9,11,15H2,(H,27,29). The fourth-order valence-corrected chi connectivity index (χ4v) is 3.31. The van der Waals surface area contributed by atoms with Crippen molar-refractivity contribution in [3.63, 3.8) is 0 Å². The maximum absolute atomic E-state index is 13.3. The number of fused-ring (bicyclic) bond motifs is 1. The van der Waals surface area contributed by atoms with Crippen LogP contribution in [0.5, 0.6) is 0 Å². The van der Waals surface area contributed by atoms with E-state index in [0.29, 0.717) is 24.3 Å². The summed E-state index contributed by atoms with van der Waals surface area (Å²) in [5.41, 5.74) is 1.67. The fraction of sp³-hybridized carbons (Fsp3) is 0.130. The third-order valence-corrected chi connectivity index (χ3v) is 4.81. The van der Waals surface area contributed by atoms with Crippen LogP contribution in [-0.2, 0) is 17.8 Å². The van der Waals surface area contributed by atoms with Crippen LogP contribution in [-0.4, -0.2) is 15.7 Å². The minimum atomic E-state index is -0.906. The summed E-state index contributed by atoms with van der Waals surface area (Å²) in [4.78, 5) is 12.3. The summed E-state index contributed by atoms with van der Waals surface area (Å²) >= 11 is 0. The highest BCUT2D eigenvalue weighted by Gasteiger charge is 2.10. The van der Waals surface area contributed by atoms with Crippen LogP contribution in [0.3, 0.4) is 0 Å². The minimum Gasteiger partial charge on any atom is -0.311 e. The van der Waals surface area contributed by atoms with Crippen molar-refractivity contribution in [1.82, 2.24) is 9.78 Å². The highest BCUT2D eigenvalue weighted by Crippen LogP contribution is 2.21. The van der Waals surface area contributed by atoms with Gasteiger partial charge in [-0.05, 0) is 40.5 Å². The van der Waals surface area contributed by atoms with Gasteiger partial charge in [-0.15, -0.1) is 0 Å². The van der Waals surface area contributed by atoms with Gasteiger partial charge in [0, 0.05) is 12.5 Å².